The molecule has 0 atom stereocenters. The number of morpholine rings is 1. The van der Waals surface area contributed by atoms with Crippen LogP contribution in [0.4, 0.5) is 11.8 Å². The number of anilines is 2. The van der Waals surface area contributed by atoms with Crippen molar-refractivity contribution in [2.24, 2.45) is 0 Å². The molecule has 2 aromatic rings. The molecule has 28 heavy (non-hydrogen) atoms. The highest BCUT2D eigenvalue weighted by Gasteiger charge is 2.24. The molecule has 148 valence electrons. The van der Waals surface area contributed by atoms with Crippen LogP contribution in [-0.4, -0.2) is 73.3 Å². The van der Waals surface area contributed by atoms with Gasteiger partial charge in [-0.2, -0.15) is 4.98 Å². The summed E-state index contributed by atoms with van der Waals surface area (Å²) < 4.78 is 5.41. The summed E-state index contributed by atoms with van der Waals surface area (Å²) in [5.74, 6) is 1.80. The fraction of sp³-hybridized carbons (Fsp3) is 0.476. The predicted octanol–water partition coefficient (Wildman–Crippen LogP) is 1.89. The van der Waals surface area contributed by atoms with Crippen LogP contribution in [0.5, 0.6) is 0 Å². The number of hydrogen-bond acceptors (Lipinski definition) is 6. The number of carbonyl (C=O) groups is 1. The fourth-order valence-corrected chi connectivity index (χ4v) is 3.63. The van der Waals surface area contributed by atoms with Crippen LogP contribution < -0.4 is 9.80 Å². The van der Waals surface area contributed by atoms with E-state index in [4.69, 9.17) is 9.72 Å². The normalized spacial score (nSPS) is 17.7. The molecule has 1 amide bonds. The second-order valence-corrected chi connectivity index (χ2v) is 7.39. The van der Waals surface area contributed by atoms with Crippen LogP contribution in [0.25, 0.3) is 0 Å². The van der Waals surface area contributed by atoms with E-state index in [0.717, 1.165) is 49.1 Å². The highest BCUT2D eigenvalue weighted by molar-refractivity contribution is 5.94. The minimum atomic E-state index is 0.111. The summed E-state index contributed by atoms with van der Waals surface area (Å²) in [4.78, 5) is 28.3. The van der Waals surface area contributed by atoms with Gasteiger partial charge in [-0.3, -0.25) is 4.79 Å². The van der Waals surface area contributed by atoms with Gasteiger partial charge in [-0.15, -0.1) is 0 Å². The Morgan fingerprint density at radius 1 is 0.929 bits per heavy atom. The molecule has 0 radical (unpaired) electrons. The number of piperazine rings is 1. The number of benzene rings is 1. The van der Waals surface area contributed by atoms with Crippen molar-refractivity contribution in [1.29, 1.82) is 0 Å². The molecular weight excluding hydrogens is 354 g/mol. The van der Waals surface area contributed by atoms with E-state index in [9.17, 15) is 4.79 Å². The van der Waals surface area contributed by atoms with Gasteiger partial charge in [0.05, 0.1) is 13.2 Å². The first-order valence-corrected chi connectivity index (χ1v) is 9.89. The molecule has 3 heterocycles. The molecule has 0 N–H and O–H groups in total. The van der Waals surface area contributed by atoms with Crippen LogP contribution >= 0.6 is 0 Å². The molecule has 2 aliphatic heterocycles. The molecule has 0 spiro atoms. The number of carbonyl (C=O) groups excluding carboxylic acids is 1. The van der Waals surface area contributed by atoms with E-state index >= 15 is 0 Å². The van der Waals surface area contributed by atoms with Crippen LogP contribution in [-0.2, 0) is 4.74 Å². The van der Waals surface area contributed by atoms with E-state index in [0.29, 0.717) is 26.3 Å². The van der Waals surface area contributed by atoms with Gasteiger partial charge < -0.3 is 19.4 Å². The number of rotatable bonds is 3. The van der Waals surface area contributed by atoms with Crippen molar-refractivity contribution >= 4 is 17.7 Å². The molecule has 0 saturated carbocycles. The van der Waals surface area contributed by atoms with Crippen molar-refractivity contribution in [1.82, 2.24) is 14.9 Å². The van der Waals surface area contributed by atoms with Crippen molar-refractivity contribution < 1.29 is 9.53 Å². The maximum atomic E-state index is 12.8. The van der Waals surface area contributed by atoms with Crippen molar-refractivity contribution in [2.45, 2.75) is 13.8 Å². The average molecular weight is 381 g/mol. The standard InChI is InChI=1S/C21H27N5O2/c1-16-3-4-18(15-17(16)2)20(27)25-9-7-24(8-10-25)19-5-6-22-21(23-19)26-11-13-28-14-12-26/h3-6,15H,7-14H2,1-2H3. The molecule has 4 rings (SSSR count). The smallest absolute Gasteiger partial charge is 0.253 e. The highest BCUT2D eigenvalue weighted by Crippen LogP contribution is 2.19. The van der Waals surface area contributed by atoms with Crippen LogP contribution in [0.2, 0.25) is 0 Å². The zero-order valence-electron chi connectivity index (χ0n) is 16.6. The number of hydrogen-bond donors (Lipinski definition) is 0. The summed E-state index contributed by atoms with van der Waals surface area (Å²) in [6, 6.07) is 7.89. The third-order valence-corrected chi connectivity index (χ3v) is 5.57. The van der Waals surface area contributed by atoms with Gasteiger partial charge in [-0.1, -0.05) is 6.07 Å². The maximum Gasteiger partial charge on any atom is 0.253 e. The topological polar surface area (TPSA) is 61.8 Å². The lowest BCUT2D eigenvalue weighted by atomic mass is 10.1. The van der Waals surface area contributed by atoms with Crippen LogP contribution in [0.3, 0.4) is 0 Å². The first-order chi connectivity index (χ1) is 13.6. The lowest BCUT2D eigenvalue weighted by Gasteiger charge is -2.36. The van der Waals surface area contributed by atoms with Gasteiger partial charge >= 0.3 is 0 Å². The van der Waals surface area contributed by atoms with Gasteiger partial charge in [0.1, 0.15) is 5.82 Å². The Morgan fingerprint density at radius 2 is 1.68 bits per heavy atom. The summed E-state index contributed by atoms with van der Waals surface area (Å²) in [5, 5.41) is 0. The minimum absolute atomic E-state index is 0.111. The highest BCUT2D eigenvalue weighted by atomic mass is 16.5. The lowest BCUT2D eigenvalue weighted by molar-refractivity contribution is 0.0746. The van der Waals surface area contributed by atoms with E-state index in [1.54, 1.807) is 0 Å². The van der Waals surface area contributed by atoms with E-state index in [1.807, 2.05) is 42.3 Å². The molecule has 1 aromatic carbocycles. The maximum absolute atomic E-state index is 12.8. The van der Waals surface area contributed by atoms with Gasteiger partial charge in [-0.05, 0) is 43.2 Å². The van der Waals surface area contributed by atoms with E-state index in [1.165, 1.54) is 5.56 Å². The fourth-order valence-electron chi connectivity index (χ4n) is 3.63. The molecule has 2 aliphatic rings. The Kier molecular flexibility index (Phi) is 5.43. The lowest BCUT2D eigenvalue weighted by Crippen LogP contribution is -2.49. The summed E-state index contributed by atoms with van der Waals surface area (Å²) in [7, 11) is 0. The van der Waals surface area contributed by atoms with Crippen molar-refractivity contribution in [3.63, 3.8) is 0 Å². The Labute approximate surface area is 165 Å². The molecular formula is C21H27N5O2. The second-order valence-electron chi connectivity index (χ2n) is 7.39. The molecule has 2 saturated heterocycles. The quantitative estimate of drug-likeness (QED) is 0.809. The first-order valence-electron chi connectivity index (χ1n) is 9.89. The van der Waals surface area contributed by atoms with Crippen molar-refractivity contribution in [3.8, 4) is 0 Å². The number of amides is 1. The van der Waals surface area contributed by atoms with Gasteiger partial charge in [0.25, 0.3) is 5.91 Å². The van der Waals surface area contributed by atoms with Gasteiger partial charge in [0.2, 0.25) is 5.95 Å². The zero-order valence-corrected chi connectivity index (χ0v) is 16.6. The van der Waals surface area contributed by atoms with Gasteiger partial charge in [0, 0.05) is 51.0 Å². The number of aromatic nitrogens is 2. The third kappa shape index (κ3) is 3.94. The van der Waals surface area contributed by atoms with E-state index < -0.39 is 0 Å². The molecule has 0 unspecified atom stereocenters. The van der Waals surface area contributed by atoms with Crippen LogP contribution in [0.15, 0.2) is 30.5 Å². The average Bonchev–Trinajstić information content (AvgIpc) is 2.76. The molecule has 2 fully saturated rings. The second kappa shape index (κ2) is 8.14. The molecule has 1 aromatic heterocycles. The first kappa shape index (κ1) is 18.7. The Bertz CT molecular complexity index is 842. The molecule has 7 heteroatoms. The molecule has 0 bridgehead atoms. The largest absolute Gasteiger partial charge is 0.378 e. The molecule has 0 aliphatic carbocycles. The SMILES string of the molecule is Cc1ccc(C(=O)N2CCN(c3ccnc(N4CCOCC4)n3)CC2)cc1C. The van der Waals surface area contributed by atoms with E-state index in [-0.39, 0.29) is 5.91 Å². The Balaban J connectivity index is 1.40. The van der Waals surface area contributed by atoms with Crippen LogP contribution in [0.1, 0.15) is 21.5 Å². The van der Waals surface area contributed by atoms with Crippen molar-refractivity contribution in [3.05, 3.63) is 47.2 Å². The van der Waals surface area contributed by atoms with Crippen molar-refractivity contribution in [2.75, 3.05) is 62.3 Å². The third-order valence-electron chi connectivity index (χ3n) is 5.57. The number of aryl methyl sites for hydroxylation is 2. The zero-order chi connectivity index (χ0) is 19.5. The Hall–Kier alpha value is -2.67. The minimum Gasteiger partial charge on any atom is -0.378 e. The number of ether oxygens (including phenoxy) is 1. The summed E-state index contributed by atoms with van der Waals surface area (Å²) in [6.07, 6.45) is 1.82. The van der Waals surface area contributed by atoms with Crippen LogP contribution in [0, 0.1) is 13.8 Å². The Morgan fingerprint density at radius 3 is 2.39 bits per heavy atom. The van der Waals surface area contributed by atoms with E-state index in [2.05, 4.69) is 21.7 Å². The number of nitrogens with zero attached hydrogens (tertiary/aromatic N) is 5. The molecule has 7 nitrogen and oxygen atoms in total. The predicted molar refractivity (Wildman–Crippen MR) is 109 cm³/mol. The summed E-state index contributed by atoms with van der Waals surface area (Å²) in [5.41, 5.74) is 3.13. The van der Waals surface area contributed by atoms with Gasteiger partial charge in [-0.25, -0.2) is 4.98 Å². The monoisotopic (exact) mass is 381 g/mol. The summed E-state index contributed by atoms with van der Waals surface area (Å²) in [6.45, 7) is 10.1. The van der Waals surface area contributed by atoms with Gasteiger partial charge in [0.15, 0.2) is 0 Å². The summed E-state index contributed by atoms with van der Waals surface area (Å²) >= 11 is 0.